The number of phenols is 1. The number of rotatable bonds is 8. The van der Waals surface area contributed by atoms with E-state index in [0.717, 1.165) is 24.2 Å². The zero-order valence-electron chi connectivity index (χ0n) is 25.0. The van der Waals surface area contributed by atoms with Gasteiger partial charge in [-0.2, -0.15) is 0 Å². The van der Waals surface area contributed by atoms with Crippen LogP contribution < -0.4 is 10.6 Å². The molecule has 3 aliphatic rings. The monoisotopic (exact) mass is 565 g/mol. The summed E-state index contributed by atoms with van der Waals surface area (Å²) in [5.41, 5.74) is 4.67. The number of nitrogens with zero attached hydrogens (tertiary/aromatic N) is 3. The predicted octanol–water partition coefficient (Wildman–Crippen LogP) is 1.42. The van der Waals surface area contributed by atoms with E-state index in [1.54, 1.807) is 25.1 Å². The van der Waals surface area contributed by atoms with Crippen LogP contribution in [0.5, 0.6) is 5.75 Å². The Hall–Kier alpha value is -3.15. The van der Waals surface area contributed by atoms with Crippen LogP contribution in [0.1, 0.15) is 50.3 Å². The molecule has 1 amide bonds. The standard InChI is InChI=1S/C30H42BN4O6/c1-8-14(3)35(9-2)13-16-12-19(36)21-17(23(16)33(4)5)10-15-11-18-24(34(6)7)26(38)22(29(32)40)27(31)30(18,41)28(39)20(15)25(21)37/h12,14-15,18,24,36-38,41H,8-11,13H2,1-7H3,(H2,32,40)/t14?,15-,18-,24-,30+/m0/s1. The van der Waals surface area contributed by atoms with Gasteiger partial charge in [-0.15, -0.1) is 0 Å². The second-order valence-electron chi connectivity index (χ2n) is 12.0. The van der Waals surface area contributed by atoms with E-state index in [1.807, 2.05) is 19.0 Å². The second kappa shape index (κ2) is 10.9. The van der Waals surface area contributed by atoms with E-state index in [-0.39, 0.29) is 23.3 Å². The number of primary amides is 1. The maximum atomic E-state index is 14.1. The third-order valence-corrected chi connectivity index (χ3v) is 9.32. The van der Waals surface area contributed by atoms with Gasteiger partial charge in [-0.3, -0.25) is 0 Å². The summed E-state index contributed by atoms with van der Waals surface area (Å²) < 4.78 is 0. The summed E-state index contributed by atoms with van der Waals surface area (Å²) in [5.74, 6) is -4.35. The Bertz CT molecular complexity index is 1370. The van der Waals surface area contributed by atoms with Crippen LogP contribution in [0.25, 0.3) is 5.76 Å². The van der Waals surface area contributed by atoms with Crippen LogP contribution in [-0.2, 0) is 22.6 Å². The van der Waals surface area contributed by atoms with Gasteiger partial charge in [0.2, 0.25) is 0 Å². The van der Waals surface area contributed by atoms with Gasteiger partial charge in [-0.25, -0.2) is 0 Å². The van der Waals surface area contributed by atoms with Crippen molar-refractivity contribution in [2.24, 2.45) is 17.6 Å². The number of anilines is 1. The molecule has 41 heavy (non-hydrogen) atoms. The van der Waals surface area contributed by atoms with Crippen LogP contribution in [0.15, 0.2) is 23.0 Å². The van der Waals surface area contributed by atoms with Gasteiger partial charge in [0.1, 0.15) is 0 Å². The number of aliphatic hydroxyl groups excluding tert-OH is 2. The molecule has 4 rings (SSSR count). The fraction of sp³-hybridized carbons (Fsp3) is 0.567. The van der Waals surface area contributed by atoms with Crippen LogP contribution in [-0.4, -0.2) is 107 Å². The van der Waals surface area contributed by atoms with E-state index >= 15 is 0 Å². The van der Waals surface area contributed by atoms with Crippen LogP contribution in [0.3, 0.4) is 0 Å². The Morgan fingerprint density at radius 1 is 1.20 bits per heavy atom. The normalized spacial score (nSPS) is 26.7. The summed E-state index contributed by atoms with van der Waals surface area (Å²) in [6.45, 7) is 7.80. The molecule has 1 radical (unpaired) electrons. The summed E-state index contributed by atoms with van der Waals surface area (Å²) in [5, 5.41) is 45.8. The zero-order chi connectivity index (χ0) is 30.7. The first-order valence-electron chi connectivity index (χ1n) is 14.1. The Kier molecular flexibility index (Phi) is 8.21. The molecule has 11 heteroatoms. The van der Waals surface area contributed by atoms with E-state index in [1.165, 1.54) is 0 Å². The van der Waals surface area contributed by atoms with Gasteiger partial charge < -0.3 is 0 Å². The Labute approximate surface area is 242 Å². The van der Waals surface area contributed by atoms with Crippen LogP contribution in [0, 0.1) is 11.8 Å². The third kappa shape index (κ3) is 4.58. The number of benzene rings is 1. The van der Waals surface area contributed by atoms with Gasteiger partial charge >= 0.3 is 216 Å². The number of amides is 1. The number of carbonyl (C=O) groups is 2. The number of carbonyl (C=O) groups excluding carboxylic acids is 2. The van der Waals surface area contributed by atoms with Gasteiger partial charge in [0, 0.05) is 0 Å². The number of ketones is 1. The average molecular weight is 566 g/mol. The van der Waals surface area contributed by atoms with Crippen LogP contribution >= 0.6 is 0 Å². The first kappa shape index (κ1) is 30.8. The predicted molar refractivity (Wildman–Crippen MR) is 160 cm³/mol. The molecule has 6 N–H and O–H groups in total. The molecule has 1 aromatic rings. The number of hydrogen-bond donors (Lipinski definition) is 5. The van der Waals surface area contributed by atoms with E-state index in [4.69, 9.17) is 13.2 Å². The summed E-state index contributed by atoms with van der Waals surface area (Å²) in [6, 6.07) is 1.03. The van der Waals surface area contributed by atoms with Gasteiger partial charge in [-0.1, -0.05) is 13.8 Å². The minimum atomic E-state index is -2.39. The summed E-state index contributed by atoms with van der Waals surface area (Å²) in [6.07, 6.45) is 1.45. The SMILES string of the molecule is [B]=C1C(C(N)=O)=C(O)[C@@H](N(C)C)[C@@H]2C[C@@H]3Cc4c(c(O)cc(CN(CC)C(C)CC)c4N(C)C)C(O)=C3C(=O)[C@]12O. The van der Waals surface area contributed by atoms with Gasteiger partial charge in [0.05, 0.1) is 0 Å². The van der Waals surface area contributed by atoms with Crippen molar-refractivity contribution in [3.63, 3.8) is 0 Å². The Morgan fingerprint density at radius 2 is 1.83 bits per heavy atom. The Balaban J connectivity index is 1.92. The van der Waals surface area contributed by atoms with Crippen LogP contribution in [0.2, 0.25) is 0 Å². The third-order valence-electron chi connectivity index (χ3n) is 9.32. The van der Waals surface area contributed by atoms with E-state index in [2.05, 4.69) is 25.7 Å². The molecule has 221 valence electrons. The number of likely N-dealkylation sites (N-methyl/N-ethyl adjacent to an activating group) is 1. The molecule has 0 saturated heterocycles. The number of fused-ring (bicyclic) bond motifs is 3. The molecule has 1 fully saturated rings. The van der Waals surface area contributed by atoms with Crippen molar-refractivity contribution in [3.8, 4) is 5.75 Å². The molecule has 0 bridgehead atoms. The van der Waals surface area contributed by atoms with E-state index < -0.39 is 57.7 Å². The maximum absolute atomic E-state index is 14.1. The van der Waals surface area contributed by atoms with Gasteiger partial charge in [-0.05, 0) is 13.3 Å². The van der Waals surface area contributed by atoms with Gasteiger partial charge in [0.25, 0.3) is 0 Å². The number of Topliss-reactive ketones (excluding diaryl/α,β-unsaturated/α-hetero) is 1. The van der Waals surface area contributed by atoms with Crippen molar-refractivity contribution in [1.82, 2.24) is 9.80 Å². The molecule has 10 nitrogen and oxygen atoms in total. The van der Waals surface area contributed by atoms with Gasteiger partial charge in [0.15, 0.2) is 0 Å². The molecule has 1 saturated carbocycles. The van der Waals surface area contributed by atoms with Crippen molar-refractivity contribution >= 4 is 36.1 Å². The summed E-state index contributed by atoms with van der Waals surface area (Å²) >= 11 is 0. The number of nitrogens with two attached hydrogens (primary N) is 1. The number of phenolic OH excluding ortho intramolecular Hbond substituents is 1. The molecule has 3 aliphatic carbocycles. The van der Waals surface area contributed by atoms with E-state index in [9.17, 15) is 30.0 Å². The summed E-state index contributed by atoms with van der Waals surface area (Å²) in [7, 11) is 13.4. The minimum absolute atomic E-state index is 0.0514. The van der Waals surface area contributed by atoms with E-state index in [0.29, 0.717) is 24.6 Å². The molecule has 1 aromatic carbocycles. The molecular weight excluding hydrogens is 523 g/mol. The molecule has 0 aromatic heterocycles. The number of hydrogen-bond acceptors (Lipinski definition) is 9. The van der Waals surface area contributed by atoms with Crippen molar-refractivity contribution in [1.29, 1.82) is 0 Å². The summed E-state index contributed by atoms with van der Waals surface area (Å²) in [4.78, 5) is 32.3. The molecular formula is C30H42BN4O6. The quantitative estimate of drug-likeness (QED) is 0.295. The Morgan fingerprint density at radius 3 is 2.34 bits per heavy atom. The first-order valence-corrected chi connectivity index (χ1v) is 14.1. The molecule has 0 aliphatic heterocycles. The fourth-order valence-electron chi connectivity index (χ4n) is 7.20. The average Bonchev–Trinajstić information content (AvgIpc) is 2.88. The molecule has 1 unspecified atom stereocenters. The fourth-order valence-corrected chi connectivity index (χ4v) is 7.20. The van der Waals surface area contributed by atoms with Crippen molar-refractivity contribution < 1.29 is 30.0 Å². The topological polar surface area (TPSA) is 151 Å². The number of aliphatic hydroxyl groups is 3. The van der Waals surface area contributed by atoms with Crippen molar-refractivity contribution in [3.05, 3.63) is 39.7 Å². The zero-order valence-corrected chi connectivity index (χ0v) is 25.0. The second-order valence-corrected chi connectivity index (χ2v) is 12.0. The van der Waals surface area contributed by atoms with Crippen molar-refractivity contribution in [2.45, 2.75) is 64.3 Å². The van der Waals surface area contributed by atoms with Crippen LogP contribution in [0.4, 0.5) is 5.69 Å². The first-order chi connectivity index (χ1) is 19.1. The van der Waals surface area contributed by atoms with Crippen molar-refractivity contribution in [2.75, 3.05) is 39.6 Å². The molecule has 0 heterocycles. The molecule has 5 atom stereocenters. The molecule has 0 spiro atoms. The number of aromatic hydroxyl groups is 1.